The summed E-state index contributed by atoms with van der Waals surface area (Å²) < 4.78 is 125. The molecule has 8 aromatic rings. The van der Waals surface area contributed by atoms with Gasteiger partial charge in [-0.15, -0.1) is 35.0 Å². The molecule has 6 aromatic heterocycles. The number of aromatic nitrogens is 10. The van der Waals surface area contributed by atoms with Crippen molar-refractivity contribution in [3.8, 4) is 6.07 Å². The van der Waals surface area contributed by atoms with E-state index in [-0.39, 0.29) is 20.4 Å². The quantitative estimate of drug-likeness (QED) is 0.0585. The van der Waals surface area contributed by atoms with E-state index in [1.807, 2.05) is 97.9 Å². The number of nitriles is 1. The van der Waals surface area contributed by atoms with Crippen LogP contribution in [0.1, 0.15) is 5.56 Å². The van der Waals surface area contributed by atoms with Gasteiger partial charge < -0.3 is 32.5 Å². The van der Waals surface area contributed by atoms with Gasteiger partial charge in [0.05, 0.1) is 11.6 Å². The predicted molar refractivity (Wildman–Crippen MR) is 195 cm³/mol. The zero-order chi connectivity index (χ0) is 43.3. The fraction of sp³-hybridized carbons (Fsp3) is 0.0606. The van der Waals surface area contributed by atoms with Crippen LogP contribution >= 0.6 is 0 Å². The molecule has 8 rings (SSSR count). The van der Waals surface area contributed by atoms with Crippen molar-refractivity contribution in [3.63, 3.8) is 0 Å². The van der Waals surface area contributed by atoms with Gasteiger partial charge in [0.25, 0.3) is 0 Å². The maximum Gasteiger partial charge on any atom is 0.485 e. The number of fused-ring (bicyclic) bond motifs is 3. The van der Waals surface area contributed by atoms with E-state index in [9.17, 15) is 26.3 Å². The third kappa shape index (κ3) is 12.1. The summed E-state index contributed by atoms with van der Waals surface area (Å²) in [5.41, 5.74) is -9.61. The van der Waals surface area contributed by atoms with Crippen LogP contribution in [0.4, 0.5) is 26.3 Å². The van der Waals surface area contributed by atoms with Gasteiger partial charge in [0.1, 0.15) is 0 Å². The molecule has 0 saturated carbocycles. The molecule has 27 heteroatoms. The summed E-state index contributed by atoms with van der Waals surface area (Å²) in [6, 6.07) is 30.3. The standard InChI is InChI=1S/C13H8N.C12H12BN8.C6H4N2.2CHF3O3S.Pd/c1-2-6-12-10(4-1)7-8-11-5-3-9-14-13(11)12;1-5-14-18(9-1)13(19-10-2-6-15-19,20-11-3-7-16-20)21-12-4-8-17-21;7-5-6-1-3-8-4-2-6;2*2-1(3,4)8(5,6)7;/h1-5,7-9H;1-12H;1-4H;2*(H,5,6,7);/q2*-1;;;;/p-2. The fourth-order valence-electron chi connectivity index (χ4n) is 4.83. The predicted octanol–water partition coefficient (Wildman–Crippen LogP) is 4.64. The average molecular weight is 966 g/mol. The molecular weight excluding hydrogens is 942 g/mol. The van der Waals surface area contributed by atoms with Crippen molar-refractivity contribution in [1.82, 2.24) is 48.7 Å². The first-order valence-corrected chi connectivity index (χ1v) is 18.7. The van der Waals surface area contributed by atoms with Crippen molar-refractivity contribution >= 4 is 48.6 Å². The maximum atomic E-state index is 10.7. The molecular formula is C33H24BF6N11O6PdS2-4. The Morgan fingerprint density at radius 1 is 0.600 bits per heavy atom. The summed E-state index contributed by atoms with van der Waals surface area (Å²) in [7, 11) is -12.2. The minimum atomic E-state index is -6.09. The smallest absolute Gasteiger partial charge is 0.485 e. The molecule has 6 heterocycles. The second-order valence-corrected chi connectivity index (χ2v) is 13.8. The molecule has 0 radical (unpaired) electrons. The van der Waals surface area contributed by atoms with Gasteiger partial charge in [-0.05, 0) is 78.2 Å². The molecule has 0 saturated heterocycles. The first kappa shape index (κ1) is 48.1. The molecule has 0 atom stereocenters. The third-order valence-electron chi connectivity index (χ3n) is 7.30. The number of rotatable bonds is 4. The zero-order valence-electron chi connectivity index (χ0n) is 29.7. The monoisotopic (exact) mass is 965 g/mol. The van der Waals surface area contributed by atoms with Gasteiger partial charge in [0, 0.05) is 63.8 Å². The Kier molecular flexibility index (Phi) is 16.5. The Morgan fingerprint density at radius 3 is 1.35 bits per heavy atom. The second kappa shape index (κ2) is 20.6. The largest absolute Gasteiger partial charge is 0.741 e. The Balaban J connectivity index is 0.000000215. The Hall–Kier alpha value is -6.28. The van der Waals surface area contributed by atoms with Crippen LogP contribution in [0.2, 0.25) is 0 Å². The van der Waals surface area contributed by atoms with Crippen LogP contribution in [-0.4, -0.2) is 92.4 Å². The van der Waals surface area contributed by atoms with Crippen LogP contribution in [0.5, 0.6) is 0 Å². The average Bonchev–Trinajstić information content (AvgIpc) is 4.06. The van der Waals surface area contributed by atoms with Gasteiger partial charge in [0.2, 0.25) is 0 Å². The second-order valence-electron chi connectivity index (χ2n) is 11.1. The summed E-state index contributed by atoms with van der Waals surface area (Å²) >= 11 is 0. The number of pyridine rings is 2. The summed E-state index contributed by atoms with van der Waals surface area (Å²) in [6.45, 7) is -1.83. The number of hydrogen-bond acceptors (Lipinski definition) is 13. The molecule has 0 aliphatic rings. The van der Waals surface area contributed by atoms with E-state index in [2.05, 4.69) is 60.7 Å². The van der Waals surface area contributed by atoms with E-state index < -0.39 is 37.9 Å². The SMILES string of the molecule is N#Cc1ccncc1.O=S(=O)([O-])C(F)(F)F.O=S(=O)([O-])C(F)(F)F.[Pd].[c-]1cccc2ccc3cccnc3c12.c1cnn([B-](n2cccn2)(n2cccn2)n2cccn2)c1. The first-order chi connectivity index (χ1) is 27.8. The van der Waals surface area contributed by atoms with E-state index in [1.54, 1.807) is 49.3 Å². The van der Waals surface area contributed by atoms with Crippen LogP contribution in [0.3, 0.4) is 0 Å². The number of halogens is 6. The summed E-state index contributed by atoms with van der Waals surface area (Å²) in [6.07, 6.45) is 19.5. The molecule has 0 unspecified atom stereocenters. The molecule has 0 spiro atoms. The first-order valence-electron chi connectivity index (χ1n) is 15.9. The minimum absolute atomic E-state index is 0. The molecule has 17 nitrogen and oxygen atoms in total. The van der Waals surface area contributed by atoms with Crippen LogP contribution in [0.25, 0.3) is 21.7 Å². The van der Waals surface area contributed by atoms with E-state index in [4.69, 9.17) is 31.2 Å². The molecule has 0 aliphatic carbocycles. The summed E-state index contributed by atoms with van der Waals surface area (Å²) in [4.78, 5) is 8.12. The van der Waals surface area contributed by atoms with Crippen molar-refractivity contribution in [2.75, 3.05) is 0 Å². The summed E-state index contributed by atoms with van der Waals surface area (Å²) in [5.74, 6) is 0. The van der Waals surface area contributed by atoms with Crippen LogP contribution < -0.4 is 0 Å². The van der Waals surface area contributed by atoms with E-state index in [0.717, 1.165) is 10.9 Å². The number of nitrogens with zero attached hydrogens (tertiary/aromatic N) is 11. The molecule has 0 amide bonds. The van der Waals surface area contributed by atoms with Crippen molar-refractivity contribution in [2.24, 2.45) is 0 Å². The molecule has 0 aliphatic heterocycles. The molecule has 0 fully saturated rings. The molecule has 2 aromatic carbocycles. The fourth-order valence-corrected chi connectivity index (χ4v) is 4.83. The molecule has 0 bridgehead atoms. The van der Waals surface area contributed by atoms with E-state index >= 15 is 0 Å². The topological polar surface area (TPSA) is 235 Å². The van der Waals surface area contributed by atoms with Gasteiger partial charge in [-0.3, -0.25) is 4.98 Å². The van der Waals surface area contributed by atoms with Crippen LogP contribution in [-0.2, 0) is 40.7 Å². The third-order valence-corrected chi connectivity index (χ3v) is 8.44. The molecule has 0 N–H and O–H groups in total. The minimum Gasteiger partial charge on any atom is -0.741 e. The maximum absolute atomic E-state index is 10.7. The number of benzene rings is 2. The van der Waals surface area contributed by atoms with Gasteiger partial charge in [-0.2, -0.15) is 31.6 Å². The van der Waals surface area contributed by atoms with Gasteiger partial charge in [0.15, 0.2) is 20.2 Å². The molecule has 60 heavy (non-hydrogen) atoms. The van der Waals surface area contributed by atoms with E-state index in [1.165, 1.54) is 10.8 Å². The Bertz CT molecular complexity index is 2540. The van der Waals surface area contributed by atoms with Gasteiger partial charge in [-0.25, -0.2) is 37.2 Å². The Labute approximate surface area is 349 Å². The van der Waals surface area contributed by atoms with Crippen LogP contribution in [0.15, 0.2) is 147 Å². The van der Waals surface area contributed by atoms with Crippen molar-refractivity contribution < 1.29 is 72.7 Å². The number of alkyl halides is 6. The van der Waals surface area contributed by atoms with Gasteiger partial charge >= 0.3 is 17.7 Å². The van der Waals surface area contributed by atoms with Crippen molar-refractivity contribution in [3.05, 3.63) is 159 Å². The number of hydrogen-bond donors (Lipinski definition) is 0. The normalized spacial score (nSPS) is 11.4. The summed E-state index contributed by atoms with van der Waals surface area (Å²) in [5, 5.41) is 29.4. The van der Waals surface area contributed by atoms with E-state index in [0.29, 0.717) is 5.56 Å². The van der Waals surface area contributed by atoms with Crippen LogP contribution in [0, 0.1) is 17.4 Å². The van der Waals surface area contributed by atoms with Crippen molar-refractivity contribution in [1.29, 1.82) is 5.26 Å². The molecule has 318 valence electrons. The zero-order valence-corrected chi connectivity index (χ0v) is 32.9. The van der Waals surface area contributed by atoms with Gasteiger partial charge in [-0.1, -0.05) is 18.2 Å². The Morgan fingerprint density at radius 2 is 1.00 bits per heavy atom. The van der Waals surface area contributed by atoms with Crippen molar-refractivity contribution in [2.45, 2.75) is 11.0 Å².